The van der Waals surface area contributed by atoms with Gasteiger partial charge in [-0.15, -0.1) is 0 Å². The highest BCUT2D eigenvalue weighted by Crippen LogP contribution is 2.35. The van der Waals surface area contributed by atoms with Crippen molar-refractivity contribution >= 4 is 46.2 Å². The van der Waals surface area contributed by atoms with Gasteiger partial charge in [-0.25, -0.2) is 9.97 Å². The summed E-state index contributed by atoms with van der Waals surface area (Å²) in [5.74, 6) is 0.235. The molecule has 2 aromatic rings. The SMILES string of the molecule is CN(C)c1ncnc(Nc2cc(Cl)ccc2Cl)c1[N+](=O)[O-]. The molecule has 1 aromatic heterocycles. The Morgan fingerprint density at radius 2 is 2.00 bits per heavy atom. The van der Waals surface area contributed by atoms with Crippen molar-refractivity contribution < 1.29 is 4.92 Å². The molecule has 0 aliphatic rings. The average molecular weight is 328 g/mol. The second kappa shape index (κ2) is 6.11. The number of halogens is 2. The predicted octanol–water partition coefficient (Wildman–Crippen LogP) is 3.50. The summed E-state index contributed by atoms with van der Waals surface area (Å²) in [6, 6.07) is 4.77. The van der Waals surface area contributed by atoms with E-state index in [-0.39, 0.29) is 17.3 Å². The van der Waals surface area contributed by atoms with E-state index in [2.05, 4.69) is 15.3 Å². The molecule has 0 aliphatic heterocycles. The molecule has 0 fully saturated rings. The van der Waals surface area contributed by atoms with E-state index >= 15 is 0 Å². The molecule has 110 valence electrons. The molecule has 0 amide bonds. The normalized spacial score (nSPS) is 10.3. The molecule has 0 radical (unpaired) electrons. The summed E-state index contributed by atoms with van der Waals surface area (Å²) < 4.78 is 0. The third-order valence-corrected chi connectivity index (χ3v) is 3.16. The summed E-state index contributed by atoms with van der Waals surface area (Å²) in [7, 11) is 3.32. The molecule has 0 spiro atoms. The van der Waals surface area contributed by atoms with Crippen molar-refractivity contribution in [3.63, 3.8) is 0 Å². The monoisotopic (exact) mass is 327 g/mol. The molecule has 0 saturated heterocycles. The molecule has 9 heteroatoms. The van der Waals surface area contributed by atoms with Gasteiger partial charge in [0.25, 0.3) is 0 Å². The van der Waals surface area contributed by atoms with Gasteiger partial charge in [0, 0.05) is 19.1 Å². The molecule has 0 bridgehead atoms. The number of benzene rings is 1. The minimum Gasteiger partial charge on any atom is -0.357 e. The summed E-state index contributed by atoms with van der Waals surface area (Å²) in [6.07, 6.45) is 1.24. The number of rotatable bonds is 4. The van der Waals surface area contributed by atoms with Crippen molar-refractivity contribution in [3.05, 3.63) is 44.7 Å². The van der Waals surface area contributed by atoms with Gasteiger partial charge in [0.1, 0.15) is 6.33 Å². The zero-order chi connectivity index (χ0) is 15.6. The van der Waals surface area contributed by atoms with Gasteiger partial charge in [-0.05, 0) is 18.2 Å². The lowest BCUT2D eigenvalue weighted by atomic mass is 10.3. The Labute approximate surface area is 130 Å². The molecule has 0 unspecified atom stereocenters. The second-order valence-corrected chi connectivity index (χ2v) is 5.14. The smallest absolute Gasteiger partial charge is 0.353 e. The number of nitrogens with one attached hydrogen (secondary N) is 1. The van der Waals surface area contributed by atoms with Crippen LogP contribution >= 0.6 is 23.2 Å². The molecule has 0 saturated carbocycles. The van der Waals surface area contributed by atoms with Gasteiger partial charge < -0.3 is 10.2 Å². The Kier molecular flexibility index (Phi) is 4.44. The Balaban J connectivity index is 2.51. The number of anilines is 3. The summed E-state index contributed by atoms with van der Waals surface area (Å²) in [4.78, 5) is 20.1. The zero-order valence-electron chi connectivity index (χ0n) is 11.2. The minimum absolute atomic E-state index is 0.0443. The van der Waals surface area contributed by atoms with Crippen LogP contribution in [0.25, 0.3) is 0 Å². The first-order valence-electron chi connectivity index (χ1n) is 5.79. The fourth-order valence-electron chi connectivity index (χ4n) is 1.68. The summed E-state index contributed by atoms with van der Waals surface area (Å²) in [5.41, 5.74) is 0.189. The lowest BCUT2D eigenvalue weighted by Crippen LogP contribution is -2.14. The first-order valence-corrected chi connectivity index (χ1v) is 6.54. The highest BCUT2D eigenvalue weighted by Gasteiger charge is 2.24. The van der Waals surface area contributed by atoms with Crippen LogP contribution in [0.3, 0.4) is 0 Å². The third-order valence-electron chi connectivity index (χ3n) is 2.59. The van der Waals surface area contributed by atoms with Gasteiger partial charge in [0.15, 0.2) is 0 Å². The Hall–Kier alpha value is -2.12. The highest BCUT2D eigenvalue weighted by atomic mass is 35.5. The summed E-state index contributed by atoms with van der Waals surface area (Å²) >= 11 is 11.9. The van der Waals surface area contributed by atoms with E-state index in [1.807, 2.05) is 0 Å². The molecule has 0 atom stereocenters. The van der Waals surface area contributed by atoms with E-state index in [1.165, 1.54) is 11.2 Å². The van der Waals surface area contributed by atoms with Gasteiger partial charge >= 0.3 is 5.69 Å². The largest absolute Gasteiger partial charge is 0.357 e. The van der Waals surface area contributed by atoms with Crippen LogP contribution in [0.15, 0.2) is 24.5 Å². The maximum atomic E-state index is 11.3. The third kappa shape index (κ3) is 3.32. The Morgan fingerprint density at radius 3 is 2.62 bits per heavy atom. The molecule has 1 N–H and O–H groups in total. The zero-order valence-corrected chi connectivity index (χ0v) is 12.7. The van der Waals surface area contributed by atoms with Crippen molar-refractivity contribution in [1.29, 1.82) is 0 Å². The van der Waals surface area contributed by atoms with Crippen LogP contribution in [0.5, 0.6) is 0 Å². The Bertz CT molecular complexity index is 693. The van der Waals surface area contributed by atoms with Crippen LogP contribution in [0.4, 0.5) is 23.0 Å². The molecule has 0 aliphatic carbocycles. The fourth-order valence-corrected chi connectivity index (χ4v) is 2.01. The second-order valence-electron chi connectivity index (χ2n) is 4.30. The van der Waals surface area contributed by atoms with Crippen molar-refractivity contribution in [1.82, 2.24) is 9.97 Å². The van der Waals surface area contributed by atoms with Gasteiger partial charge in [-0.1, -0.05) is 23.2 Å². The summed E-state index contributed by atoms with van der Waals surface area (Å²) in [6.45, 7) is 0. The first kappa shape index (κ1) is 15.3. The molecule has 7 nitrogen and oxygen atoms in total. The average Bonchev–Trinajstić information content (AvgIpc) is 2.42. The molecule has 1 aromatic carbocycles. The maximum absolute atomic E-state index is 11.3. The van der Waals surface area contributed by atoms with Crippen LogP contribution in [0.2, 0.25) is 10.0 Å². The van der Waals surface area contributed by atoms with Gasteiger partial charge in [0.2, 0.25) is 11.6 Å². The quantitative estimate of drug-likeness (QED) is 0.683. The lowest BCUT2D eigenvalue weighted by molar-refractivity contribution is -0.383. The molecular formula is C12H11Cl2N5O2. The number of hydrogen-bond acceptors (Lipinski definition) is 6. The number of hydrogen-bond donors (Lipinski definition) is 1. The maximum Gasteiger partial charge on any atom is 0.353 e. The van der Waals surface area contributed by atoms with E-state index in [1.54, 1.807) is 32.3 Å². The van der Waals surface area contributed by atoms with E-state index < -0.39 is 4.92 Å². The van der Waals surface area contributed by atoms with Crippen LogP contribution in [-0.4, -0.2) is 29.0 Å². The molecule has 21 heavy (non-hydrogen) atoms. The van der Waals surface area contributed by atoms with E-state index in [4.69, 9.17) is 23.2 Å². The summed E-state index contributed by atoms with van der Waals surface area (Å²) in [5, 5.41) is 14.9. The standard InChI is InChI=1S/C12H11Cl2N5O2/c1-18(2)12-10(19(20)21)11(15-6-16-12)17-9-5-7(13)3-4-8(9)14/h3-6H,1-2H3,(H,15,16,17). The highest BCUT2D eigenvalue weighted by molar-refractivity contribution is 6.35. The molecule has 2 rings (SSSR count). The van der Waals surface area contributed by atoms with Gasteiger partial charge in [-0.2, -0.15) is 0 Å². The van der Waals surface area contributed by atoms with Crippen LogP contribution in [-0.2, 0) is 0 Å². The van der Waals surface area contributed by atoms with Crippen molar-refractivity contribution in [2.24, 2.45) is 0 Å². The lowest BCUT2D eigenvalue weighted by Gasteiger charge is -2.14. The van der Waals surface area contributed by atoms with Crippen molar-refractivity contribution in [2.45, 2.75) is 0 Å². The van der Waals surface area contributed by atoms with E-state index in [0.29, 0.717) is 15.7 Å². The molecular weight excluding hydrogens is 317 g/mol. The van der Waals surface area contributed by atoms with Crippen molar-refractivity contribution in [3.8, 4) is 0 Å². The first-order chi connectivity index (χ1) is 9.90. The van der Waals surface area contributed by atoms with E-state index in [0.717, 1.165) is 0 Å². The fraction of sp³-hybridized carbons (Fsp3) is 0.167. The Morgan fingerprint density at radius 1 is 1.29 bits per heavy atom. The van der Waals surface area contributed by atoms with E-state index in [9.17, 15) is 10.1 Å². The van der Waals surface area contributed by atoms with Crippen LogP contribution < -0.4 is 10.2 Å². The van der Waals surface area contributed by atoms with Crippen LogP contribution in [0, 0.1) is 10.1 Å². The van der Waals surface area contributed by atoms with Crippen LogP contribution in [0.1, 0.15) is 0 Å². The van der Waals surface area contributed by atoms with Gasteiger partial charge in [-0.3, -0.25) is 10.1 Å². The predicted molar refractivity (Wildman–Crippen MR) is 82.8 cm³/mol. The number of nitro groups is 1. The minimum atomic E-state index is -0.546. The number of aromatic nitrogens is 2. The van der Waals surface area contributed by atoms with Crippen molar-refractivity contribution in [2.75, 3.05) is 24.3 Å². The number of nitrogens with zero attached hydrogens (tertiary/aromatic N) is 4. The van der Waals surface area contributed by atoms with Gasteiger partial charge in [0.05, 0.1) is 15.6 Å². The topological polar surface area (TPSA) is 84.2 Å². The molecule has 1 heterocycles.